The van der Waals surface area contributed by atoms with Gasteiger partial charge in [0.15, 0.2) is 0 Å². The molecule has 1 aliphatic rings. The molecule has 80 valence electrons. The molecule has 0 aliphatic carbocycles. The third-order valence-corrected chi connectivity index (χ3v) is 2.70. The van der Waals surface area contributed by atoms with Crippen molar-refractivity contribution in [2.24, 2.45) is 0 Å². The lowest BCUT2D eigenvalue weighted by Crippen LogP contribution is -2.35. The normalized spacial score (nSPS) is 20.2. The molecule has 0 saturated carbocycles. The average Bonchev–Trinajstić information content (AvgIpc) is 2.74. The Hall–Kier alpha value is -1.35. The van der Waals surface area contributed by atoms with Crippen LogP contribution in [0.2, 0.25) is 0 Å². The van der Waals surface area contributed by atoms with Crippen molar-refractivity contribution >= 4 is 11.6 Å². The standard InChI is InChI=1S/C12H16N2O/c1-9-4-6-10(7-5-9)14-12(15)11-3-2-8-13-11/h4-7,11,13H,2-3,8H2,1H3,(H,14,15). The molecule has 0 bridgehead atoms. The summed E-state index contributed by atoms with van der Waals surface area (Å²) in [6.07, 6.45) is 2.03. The first kappa shape index (κ1) is 10.2. The molecule has 0 aromatic heterocycles. The number of benzene rings is 1. The van der Waals surface area contributed by atoms with Crippen molar-refractivity contribution in [3.63, 3.8) is 0 Å². The molecule has 3 nitrogen and oxygen atoms in total. The Bertz CT molecular complexity index is 339. The molecule has 1 aromatic rings. The van der Waals surface area contributed by atoms with Crippen molar-refractivity contribution in [1.29, 1.82) is 0 Å². The smallest absolute Gasteiger partial charge is 0.241 e. The number of rotatable bonds is 2. The maximum atomic E-state index is 11.7. The van der Waals surface area contributed by atoms with Crippen LogP contribution in [0.1, 0.15) is 18.4 Å². The van der Waals surface area contributed by atoms with E-state index in [1.54, 1.807) is 0 Å². The Labute approximate surface area is 89.9 Å². The molecule has 1 aromatic carbocycles. The summed E-state index contributed by atoms with van der Waals surface area (Å²) in [7, 11) is 0. The van der Waals surface area contributed by atoms with Crippen LogP contribution in [0.4, 0.5) is 5.69 Å². The Balaban J connectivity index is 1.96. The lowest BCUT2D eigenvalue weighted by Gasteiger charge is -2.10. The summed E-state index contributed by atoms with van der Waals surface area (Å²) in [5.41, 5.74) is 2.08. The third-order valence-electron chi connectivity index (χ3n) is 2.70. The van der Waals surface area contributed by atoms with Crippen LogP contribution in [0.3, 0.4) is 0 Å². The molecule has 15 heavy (non-hydrogen) atoms. The molecule has 1 heterocycles. The van der Waals surface area contributed by atoms with Gasteiger partial charge in [-0.25, -0.2) is 0 Å². The van der Waals surface area contributed by atoms with Crippen molar-refractivity contribution in [3.8, 4) is 0 Å². The Morgan fingerprint density at radius 3 is 2.73 bits per heavy atom. The number of amides is 1. The van der Waals surface area contributed by atoms with E-state index in [0.29, 0.717) is 0 Å². The third kappa shape index (κ3) is 2.57. The minimum absolute atomic E-state index is 0.00805. The van der Waals surface area contributed by atoms with E-state index in [1.165, 1.54) is 5.56 Å². The van der Waals surface area contributed by atoms with Gasteiger partial charge in [0.25, 0.3) is 0 Å². The van der Waals surface area contributed by atoms with Crippen LogP contribution in [0.25, 0.3) is 0 Å². The van der Waals surface area contributed by atoms with E-state index in [0.717, 1.165) is 25.1 Å². The van der Waals surface area contributed by atoms with Gasteiger partial charge in [0, 0.05) is 5.69 Å². The summed E-state index contributed by atoms with van der Waals surface area (Å²) in [6, 6.07) is 7.85. The molecular weight excluding hydrogens is 188 g/mol. The molecule has 1 saturated heterocycles. The first-order valence-corrected chi connectivity index (χ1v) is 5.36. The second-order valence-corrected chi connectivity index (χ2v) is 4.00. The Morgan fingerprint density at radius 1 is 1.40 bits per heavy atom. The number of hydrogen-bond donors (Lipinski definition) is 2. The van der Waals surface area contributed by atoms with E-state index in [-0.39, 0.29) is 11.9 Å². The first-order chi connectivity index (χ1) is 7.25. The molecule has 1 aliphatic heterocycles. The van der Waals surface area contributed by atoms with Crippen LogP contribution >= 0.6 is 0 Å². The fraction of sp³-hybridized carbons (Fsp3) is 0.417. The number of aryl methyl sites for hydroxylation is 1. The zero-order valence-electron chi connectivity index (χ0n) is 8.92. The first-order valence-electron chi connectivity index (χ1n) is 5.36. The SMILES string of the molecule is Cc1ccc(NC(=O)C2CCCN2)cc1. The maximum absolute atomic E-state index is 11.7. The minimum atomic E-state index is -0.00805. The topological polar surface area (TPSA) is 41.1 Å². The van der Waals surface area contributed by atoms with Crippen molar-refractivity contribution in [1.82, 2.24) is 5.32 Å². The van der Waals surface area contributed by atoms with E-state index < -0.39 is 0 Å². The number of carbonyl (C=O) groups excluding carboxylic acids is 1. The Kier molecular flexibility index (Phi) is 3.02. The van der Waals surface area contributed by atoms with Crippen molar-refractivity contribution in [2.75, 3.05) is 11.9 Å². The fourth-order valence-corrected chi connectivity index (χ4v) is 1.77. The highest BCUT2D eigenvalue weighted by molar-refractivity contribution is 5.94. The second kappa shape index (κ2) is 4.45. The van der Waals surface area contributed by atoms with Crippen LogP contribution in [-0.2, 0) is 4.79 Å². The largest absolute Gasteiger partial charge is 0.325 e. The van der Waals surface area contributed by atoms with E-state index in [2.05, 4.69) is 10.6 Å². The van der Waals surface area contributed by atoms with Crippen LogP contribution in [0.15, 0.2) is 24.3 Å². The van der Waals surface area contributed by atoms with Gasteiger partial charge in [-0.05, 0) is 38.4 Å². The summed E-state index contributed by atoms with van der Waals surface area (Å²) in [5, 5.41) is 6.09. The predicted octanol–water partition coefficient (Wildman–Crippen LogP) is 1.69. The lowest BCUT2D eigenvalue weighted by atomic mass is 10.2. The summed E-state index contributed by atoms with van der Waals surface area (Å²) < 4.78 is 0. The van der Waals surface area contributed by atoms with Crippen LogP contribution in [-0.4, -0.2) is 18.5 Å². The average molecular weight is 204 g/mol. The van der Waals surface area contributed by atoms with Crippen molar-refractivity contribution in [2.45, 2.75) is 25.8 Å². The van der Waals surface area contributed by atoms with Gasteiger partial charge in [-0.2, -0.15) is 0 Å². The minimum Gasteiger partial charge on any atom is -0.325 e. The van der Waals surface area contributed by atoms with Gasteiger partial charge >= 0.3 is 0 Å². The van der Waals surface area contributed by atoms with Gasteiger partial charge in [-0.15, -0.1) is 0 Å². The number of hydrogen-bond acceptors (Lipinski definition) is 2. The van der Waals surface area contributed by atoms with Crippen LogP contribution in [0.5, 0.6) is 0 Å². The maximum Gasteiger partial charge on any atom is 0.241 e. The van der Waals surface area contributed by atoms with E-state index in [9.17, 15) is 4.79 Å². The molecule has 1 fully saturated rings. The number of nitrogens with one attached hydrogen (secondary N) is 2. The van der Waals surface area contributed by atoms with Gasteiger partial charge < -0.3 is 10.6 Å². The molecule has 2 rings (SSSR count). The molecule has 1 unspecified atom stereocenters. The molecular formula is C12H16N2O. The lowest BCUT2D eigenvalue weighted by molar-refractivity contribution is -0.117. The van der Waals surface area contributed by atoms with E-state index in [4.69, 9.17) is 0 Å². The summed E-state index contributed by atoms with van der Waals surface area (Å²) in [4.78, 5) is 11.7. The highest BCUT2D eigenvalue weighted by Gasteiger charge is 2.21. The van der Waals surface area contributed by atoms with Crippen molar-refractivity contribution < 1.29 is 4.79 Å². The van der Waals surface area contributed by atoms with Crippen molar-refractivity contribution in [3.05, 3.63) is 29.8 Å². The molecule has 3 heteroatoms. The number of carbonyl (C=O) groups is 1. The zero-order chi connectivity index (χ0) is 10.7. The fourth-order valence-electron chi connectivity index (χ4n) is 1.77. The van der Waals surface area contributed by atoms with Crippen LogP contribution in [0, 0.1) is 6.92 Å². The molecule has 0 spiro atoms. The Morgan fingerprint density at radius 2 is 2.13 bits per heavy atom. The molecule has 1 amide bonds. The summed E-state index contributed by atoms with van der Waals surface area (Å²) in [5.74, 6) is 0.0800. The predicted molar refractivity (Wildman–Crippen MR) is 60.8 cm³/mol. The van der Waals surface area contributed by atoms with Gasteiger partial charge in [0.2, 0.25) is 5.91 Å². The molecule has 1 atom stereocenters. The summed E-state index contributed by atoms with van der Waals surface area (Å²) in [6.45, 7) is 2.98. The van der Waals surface area contributed by atoms with Crippen LogP contribution < -0.4 is 10.6 Å². The van der Waals surface area contributed by atoms with E-state index >= 15 is 0 Å². The molecule has 0 radical (unpaired) electrons. The highest BCUT2D eigenvalue weighted by Crippen LogP contribution is 2.11. The summed E-state index contributed by atoms with van der Waals surface area (Å²) >= 11 is 0. The number of anilines is 1. The van der Waals surface area contributed by atoms with Gasteiger partial charge in [-0.1, -0.05) is 17.7 Å². The van der Waals surface area contributed by atoms with Gasteiger partial charge in [0.05, 0.1) is 6.04 Å². The highest BCUT2D eigenvalue weighted by atomic mass is 16.2. The quantitative estimate of drug-likeness (QED) is 0.769. The van der Waals surface area contributed by atoms with E-state index in [1.807, 2.05) is 31.2 Å². The zero-order valence-corrected chi connectivity index (χ0v) is 8.92. The monoisotopic (exact) mass is 204 g/mol. The second-order valence-electron chi connectivity index (χ2n) is 4.00. The molecule has 2 N–H and O–H groups in total. The van der Waals surface area contributed by atoms with Gasteiger partial charge in [-0.3, -0.25) is 4.79 Å². The van der Waals surface area contributed by atoms with Gasteiger partial charge in [0.1, 0.15) is 0 Å².